The number of hydrogen-bond donors (Lipinski definition) is 2. The summed E-state index contributed by atoms with van der Waals surface area (Å²) >= 11 is 0. The first kappa shape index (κ1) is 14.8. The van der Waals surface area contributed by atoms with Crippen molar-refractivity contribution in [3.8, 4) is 0 Å². The average molecular weight is 287 g/mol. The van der Waals surface area contributed by atoms with Gasteiger partial charge < -0.3 is 14.8 Å². The van der Waals surface area contributed by atoms with Crippen LogP contribution in [0.25, 0.3) is 0 Å². The van der Waals surface area contributed by atoms with Gasteiger partial charge >= 0.3 is 5.97 Å². The third-order valence-electron chi connectivity index (χ3n) is 3.33. The number of carboxylic acids is 1. The highest BCUT2D eigenvalue weighted by atomic mass is 16.4. The number of carboxylic acid groups (broad SMARTS) is 1. The Morgan fingerprint density at radius 2 is 2.10 bits per heavy atom. The molecule has 0 aliphatic heterocycles. The van der Waals surface area contributed by atoms with Crippen LogP contribution >= 0.6 is 0 Å². The zero-order valence-electron chi connectivity index (χ0n) is 11.9. The Kier molecular flexibility index (Phi) is 4.42. The third-order valence-corrected chi connectivity index (χ3v) is 3.33. The lowest BCUT2D eigenvalue weighted by atomic mass is 10.0. The zero-order valence-corrected chi connectivity index (χ0v) is 11.9. The van der Waals surface area contributed by atoms with E-state index in [4.69, 9.17) is 9.52 Å². The maximum Gasteiger partial charge on any atom is 0.310 e. The minimum Gasteiger partial charge on any atom is -0.481 e. The SMILES string of the molecule is CCc1occc1C(=O)Nc1cccc(C(C)C(=O)O)c1. The molecule has 21 heavy (non-hydrogen) atoms. The molecule has 2 aromatic rings. The molecular formula is C16H17NO4. The number of amides is 1. The van der Waals surface area contributed by atoms with Crippen LogP contribution in [0.3, 0.4) is 0 Å². The van der Waals surface area contributed by atoms with Crippen molar-refractivity contribution < 1.29 is 19.1 Å². The van der Waals surface area contributed by atoms with Crippen molar-refractivity contribution in [3.63, 3.8) is 0 Å². The van der Waals surface area contributed by atoms with E-state index in [1.54, 1.807) is 37.3 Å². The van der Waals surface area contributed by atoms with Gasteiger partial charge in [-0.1, -0.05) is 19.1 Å². The van der Waals surface area contributed by atoms with Crippen LogP contribution < -0.4 is 5.32 Å². The van der Waals surface area contributed by atoms with Crippen LogP contribution in [0.2, 0.25) is 0 Å². The van der Waals surface area contributed by atoms with Crippen LogP contribution in [0.5, 0.6) is 0 Å². The molecule has 0 fully saturated rings. The molecule has 5 nitrogen and oxygen atoms in total. The molecule has 0 saturated carbocycles. The lowest BCUT2D eigenvalue weighted by Crippen LogP contribution is -2.13. The Morgan fingerprint density at radius 1 is 1.33 bits per heavy atom. The first-order valence-electron chi connectivity index (χ1n) is 6.73. The molecule has 2 N–H and O–H groups in total. The van der Waals surface area contributed by atoms with E-state index in [9.17, 15) is 9.59 Å². The van der Waals surface area contributed by atoms with E-state index in [1.807, 2.05) is 6.92 Å². The van der Waals surface area contributed by atoms with E-state index in [1.165, 1.54) is 6.26 Å². The summed E-state index contributed by atoms with van der Waals surface area (Å²) < 4.78 is 5.23. The fraction of sp³-hybridized carbons (Fsp3) is 0.250. The van der Waals surface area contributed by atoms with Crippen LogP contribution in [0.15, 0.2) is 41.0 Å². The molecule has 1 heterocycles. The fourth-order valence-corrected chi connectivity index (χ4v) is 2.04. The van der Waals surface area contributed by atoms with Gasteiger partial charge in [0.25, 0.3) is 5.91 Å². The van der Waals surface area contributed by atoms with Crippen molar-refractivity contribution in [2.75, 3.05) is 5.32 Å². The Balaban J connectivity index is 2.18. The molecule has 0 spiro atoms. The quantitative estimate of drug-likeness (QED) is 0.884. The topological polar surface area (TPSA) is 79.5 Å². The van der Waals surface area contributed by atoms with E-state index >= 15 is 0 Å². The minimum atomic E-state index is -0.901. The molecule has 110 valence electrons. The Hall–Kier alpha value is -2.56. The van der Waals surface area contributed by atoms with Gasteiger partial charge in [-0.25, -0.2) is 0 Å². The average Bonchev–Trinajstić information content (AvgIpc) is 2.95. The first-order valence-corrected chi connectivity index (χ1v) is 6.73. The fourth-order valence-electron chi connectivity index (χ4n) is 2.04. The Morgan fingerprint density at radius 3 is 2.76 bits per heavy atom. The second kappa shape index (κ2) is 6.26. The van der Waals surface area contributed by atoms with Crippen molar-refractivity contribution in [1.29, 1.82) is 0 Å². The van der Waals surface area contributed by atoms with Gasteiger partial charge in [-0.2, -0.15) is 0 Å². The lowest BCUT2D eigenvalue weighted by molar-refractivity contribution is -0.138. The highest BCUT2D eigenvalue weighted by Gasteiger charge is 2.16. The highest BCUT2D eigenvalue weighted by molar-refractivity contribution is 6.05. The van der Waals surface area contributed by atoms with Gasteiger partial charge in [-0.3, -0.25) is 9.59 Å². The maximum absolute atomic E-state index is 12.2. The Labute approximate surface area is 122 Å². The summed E-state index contributed by atoms with van der Waals surface area (Å²) in [5, 5.41) is 11.8. The predicted octanol–water partition coefficient (Wildman–Crippen LogP) is 3.28. The molecule has 0 radical (unpaired) electrons. The molecule has 1 aromatic carbocycles. The molecule has 2 rings (SSSR count). The second-order valence-corrected chi connectivity index (χ2v) is 4.75. The molecule has 5 heteroatoms. The summed E-state index contributed by atoms with van der Waals surface area (Å²) in [5.74, 6) is -1.16. The van der Waals surface area contributed by atoms with Crippen LogP contribution in [0.4, 0.5) is 5.69 Å². The number of nitrogens with one attached hydrogen (secondary N) is 1. The van der Waals surface area contributed by atoms with E-state index in [0.717, 1.165) is 0 Å². The molecular weight excluding hydrogens is 270 g/mol. The molecule has 0 bridgehead atoms. The van der Waals surface area contributed by atoms with E-state index in [2.05, 4.69) is 5.32 Å². The van der Waals surface area contributed by atoms with Gasteiger partial charge in [0.2, 0.25) is 0 Å². The predicted molar refractivity (Wildman–Crippen MR) is 78.5 cm³/mol. The summed E-state index contributed by atoms with van der Waals surface area (Å²) in [5.41, 5.74) is 1.70. The lowest BCUT2D eigenvalue weighted by Gasteiger charge is -2.10. The largest absolute Gasteiger partial charge is 0.481 e. The zero-order chi connectivity index (χ0) is 15.4. The summed E-state index contributed by atoms with van der Waals surface area (Å²) in [6.07, 6.45) is 2.11. The van der Waals surface area contributed by atoms with Crippen LogP contribution in [0, 0.1) is 0 Å². The number of rotatable bonds is 5. The molecule has 0 saturated heterocycles. The monoisotopic (exact) mass is 287 g/mol. The number of aliphatic carboxylic acids is 1. The summed E-state index contributed by atoms with van der Waals surface area (Å²) in [6, 6.07) is 8.46. The van der Waals surface area contributed by atoms with Crippen LogP contribution in [-0.4, -0.2) is 17.0 Å². The normalized spacial score (nSPS) is 11.9. The maximum atomic E-state index is 12.2. The van der Waals surface area contributed by atoms with Crippen molar-refractivity contribution in [2.24, 2.45) is 0 Å². The number of aryl methyl sites for hydroxylation is 1. The van der Waals surface area contributed by atoms with Gasteiger partial charge in [0.15, 0.2) is 0 Å². The minimum absolute atomic E-state index is 0.263. The van der Waals surface area contributed by atoms with Crippen LogP contribution in [-0.2, 0) is 11.2 Å². The molecule has 1 aromatic heterocycles. The van der Waals surface area contributed by atoms with Crippen molar-refractivity contribution in [1.82, 2.24) is 0 Å². The second-order valence-electron chi connectivity index (χ2n) is 4.75. The molecule has 0 aliphatic carbocycles. The summed E-state index contributed by atoms with van der Waals surface area (Å²) in [6.45, 7) is 3.51. The summed E-state index contributed by atoms with van der Waals surface area (Å²) in [4.78, 5) is 23.2. The first-order chi connectivity index (χ1) is 10.0. The van der Waals surface area contributed by atoms with Crippen molar-refractivity contribution in [2.45, 2.75) is 26.2 Å². The number of anilines is 1. The van der Waals surface area contributed by atoms with Crippen LogP contribution in [0.1, 0.15) is 41.4 Å². The van der Waals surface area contributed by atoms with E-state index in [0.29, 0.717) is 29.0 Å². The number of carbonyl (C=O) groups excluding carboxylic acids is 1. The van der Waals surface area contributed by atoms with E-state index < -0.39 is 11.9 Å². The number of hydrogen-bond acceptors (Lipinski definition) is 3. The molecule has 1 unspecified atom stereocenters. The highest BCUT2D eigenvalue weighted by Crippen LogP contribution is 2.20. The Bertz CT molecular complexity index is 660. The third kappa shape index (κ3) is 3.31. The number of furan rings is 1. The number of carbonyl (C=O) groups is 2. The van der Waals surface area contributed by atoms with Gasteiger partial charge in [0, 0.05) is 12.1 Å². The van der Waals surface area contributed by atoms with Crippen molar-refractivity contribution in [3.05, 3.63) is 53.5 Å². The van der Waals surface area contributed by atoms with E-state index in [-0.39, 0.29) is 5.91 Å². The van der Waals surface area contributed by atoms with Gasteiger partial charge in [-0.05, 0) is 30.7 Å². The smallest absolute Gasteiger partial charge is 0.310 e. The van der Waals surface area contributed by atoms with Gasteiger partial charge in [0.1, 0.15) is 5.76 Å². The molecule has 1 atom stereocenters. The molecule has 1 amide bonds. The summed E-state index contributed by atoms with van der Waals surface area (Å²) in [7, 11) is 0. The molecule has 0 aliphatic rings. The van der Waals surface area contributed by atoms with Gasteiger partial charge in [-0.15, -0.1) is 0 Å². The standard InChI is InChI=1S/C16H17NO4/c1-3-14-13(7-8-21-14)15(18)17-12-6-4-5-11(9-12)10(2)16(19)20/h4-10H,3H2,1-2H3,(H,17,18)(H,19,20). The number of benzene rings is 1. The van der Waals surface area contributed by atoms with Gasteiger partial charge in [0.05, 0.1) is 17.7 Å². The van der Waals surface area contributed by atoms with Crippen molar-refractivity contribution >= 4 is 17.6 Å².